The zero-order valence-corrected chi connectivity index (χ0v) is 16.0. The predicted molar refractivity (Wildman–Crippen MR) is 107 cm³/mol. The Labute approximate surface area is 170 Å². The molecule has 0 aliphatic carbocycles. The number of carbonyl (C=O) groups is 2. The van der Waals surface area contributed by atoms with Crippen molar-refractivity contribution < 1.29 is 18.4 Å². The van der Waals surface area contributed by atoms with Crippen molar-refractivity contribution in [3.63, 3.8) is 0 Å². The Kier molecular flexibility index (Phi) is 6.96. The number of nitrogens with zero attached hydrogens (tertiary/aromatic N) is 2. The summed E-state index contributed by atoms with van der Waals surface area (Å²) in [7, 11) is 0. The number of benzene rings is 2. The number of nitrogens with one attached hydrogen (secondary N) is 2. The van der Waals surface area contributed by atoms with E-state index < -0.39 is 5.76 Å². The summed E-state index contributed by atoms with van der Waals surface area (Å²) in [5.74, 6) is -3.02. The number of rotatable bonds is 8. The Morgan fingerprint density at radius 1 is 1.10 bits per heavy atom. The second kappa shape index (κ2) is 9.83. The first kappa shape index (κ1) is 20.5. The monoisotopic (exact) mass is 416 g/mol. The lowest BCUT2D eigenvalue weighted by Gasteiger charge is -2.09. The average molecular weight is 416 g/mol. The van der Waals surface area contributed by atoms with E-state index in [-0.39, 0.29) is 24.9 Å². The molecule has 150 valence electrons. The molecule has 0 aliphatic rings. The second-order valence-electron chi connectivity index (χ2n) is 6.04. The molecule has 0 saturated carbocycles. The first-order valence-electron chi connectivity index (χ1n) is 8.69. The first-order valence-corrected chi connectivity index (χ1v) is 9.57. The van der Waals surface area contributed by atoms with Gasteiger partial charge < -0.3 is 10.6 Å². The van der Waals surface area contributed by atoms with Crippen LogP contribution >= 0.6 is 11.8 Å². The van der Waals surface area contributed by atoms with Crippen LogP contribution < -0.4 is 10.6 Å². The van der Waals surface area contributed by atoms with Crippen LogP contribution in [0, 0.1) is 0 Å². The third kappa shape index (κ3) is 6.42. The van der Waals surface area contributed by atoms with E-state index in [4.69, 9.17) is 0 Å². The molecule has 3 rings (SSSR count). The van der Waals surface area contributed by atoms with Crippen molar-refractivity contribution in [3.05, 3.63) is 78.1 Å². The van der Waals surface area contributed by atoms with E-state index in [1.807, 2.05) is 6.07 Å². The van der Waals surface area contributed by atoms with Crippen LogP contribution in [0.25, 0.3) is 0 Å². The van der Waals surface area contributed by atoms with Crippen LogP contribution in [0.3, 0.4) is 0 Å². The van der Waals surface area contributed by atoms with Crippen molar-refractivity contribution in [1.82, 2.24) is 15.1 Å². The fourth-order valence-corrected chi connectivity index (χ4v) is 3.07. The van der Waals surface area contributed by atoms with Gasteiger partial charge in [0, 0.05) is 35.1 Å². The minimum absolute atomic E-state index is 0.105. The van der Waals surface area contributed by atoms with Crippen molar-refractivity contribution in [2.75, 3.05) is 5.32 Å². The summed E-state index contributed by atoms with van der Waals surface area (Å²) in [5, 5.41) is 9.54. The van der Waals surface area contributed by atoms with Crippen molar-refractivity contribution in [2.24, 2.45) is 0 Å². The summed E-state index contributed by atoms with van der Waals surface area (Å²) in [6.07, 6.45) is 3.30. The smallest absolute Gasteiger partial charge is 0.288 e. The molecule has 0 bridgehead atoms. The Hall–Kier alpha value is -3.20. The summed E-state index contributed by atoms with van der Waals surface area (Å²) >= 11 is 0.431. The zero-order valence-electron chi connectivity index (χ0n) is 15.2. The van der Waals surface area contributed by atoms with Crippen molar-refractivity contribution in [3.8, 4) is 0 Å². The molecule has 0 saturated heterocycles. The molecule has 0 atom stereocenters. The quantitative estimate of drug-likeness (QED) is 0.548. The van der Waals surface area contributed by atoms with Crippen molar-refractivity contribution in [2.45, 2.75) is 23.7 Å². The lowest BCUT2D eigenvalue weighted by Crippen LogP contribution is -2.23. The lowest BCUT2D eigenvalue weighted by atomic mass is 10.1. The van der Waals surface area contributed by atoms with Gasteiger partial charge in [-0.25, -0.2) is 0 Å². The molecule has 3 aromatic rings. The van der Waals surface area contributed by atoms with Crippen LogP contribution in [0.15, 0.2) is 71.9 Å². The number of hydrogen-bond donors (Lipinski definition) is 2. The minimum atomic E-state index is -2.50. The molecule has 2 N–H and O–H groups in total. The fraction of sp³-hybridized carbons (Fsp3) is 0.150. The number of alkyl halides is 2. The predicted octanol–water partition coefficient (Wildman–Crippen LogP) is 3.77. The molecule has 1 aromatic heterocycles. The number of thioether (sulfide) groups is 1. The normalized spacial score (nSPS) is 10.7. The van der Waals surface area contributed by atoms with Gasteiger partial charge in [-0.1, -0.05) is 23.9 Å². The highest BCUT2D eigenvalue weighted by Crippen LogP contribution is 2.25. The van der Waals surface area contributed by atoms with Gasteiger partial charge in [0.25, 0.3) is 11.7 Å². The van der Waals surface area contributed by atoms with E-state index in [9.17, 15) is 18.4 Å². The topological polar surface area (TPSA) is 76.0 Å². The molecule has 0 unspecified atom stereocenters. The molecule has 0 spiro atoms. The van der Waals surface area contributed by atoms with Gasteiger partial charge in [0.2, 0.25) is 5.91 Å². The maximum atomic E-state index is 12.3. The summed E-state index contributed by atoms with van der Waals surface area (Å²) in [6, 6.07) is 14.9. The van der Waals surface area contributed by atoms with Crippen LogP contribution in [-0.4, -0.2) is 27.4 Å². The van der Waals surface area contributed by atoms with Crippen LogP contribution in [0.4, 0.5) is 14.5 Å². The number of halogens is 2. The summed E-state index contributed by atoms with van der Waals surface area (Å²) in [5.41, 5.74) is 1.80. The number of anilines is 1. The van der Waals surface area contributed by atoms with Gasteiger partial charge in [0.15, 0.2) is 0 Å². The maximum absolute atomic E-state index is 12.3. The molecule has 29 heavy (non-hydrogen) atoms. The maximum Gasteiger partial charge on any atom is 0.288 e. The van der Waals surface area contributed by atoms with Crippen LogP contribution in [0.5, 0.6) is 0 Å². The summed E-state index contributed by atoms with van der Waals surface area (Å²) in [6.45, 7) is 0.364. The van der Waals surface area contributed by atoms with Gasteiger partial charge in [-0.15, -0.1) is 0 Å². The fourth-order valence-electron chi connectivity index (χ4n) is 2.57. The molecule has 9 heteroatoms. The highest BCUT2D eigenvalue weighted by atomic mass is 32.2. The molecule has 1 heterocycles. The van der Waals surface area contributed by atoms with E-state index >= 15 is 0 Å². The van der Waals surface area contributed by atoms with Crippen LogP contribution in [-0.2, 0) is 17.9 Å². The van der Waals surface area contributed by atoms with Gasteiger partial charge in [0.05, 0.1) is 0 Å². The third-order valence-electron chi connectivity index (χ3n) is 3.87. The van der Waals surface area contributed by atoms with E-state index in [0.717, 1.165) is 5.56 Å². The Morgan fingerprint density at radius 2 is 1.90 bits per heavy atom. The van der Waals surface area contributed by atoms with E-state index in [0.29, 0.717) is 27.9 Å². The molecule has 2 amide bonds. The van der Waals surface area contributed by atoms with Gasteiger partial charge in [-0.2, -0.15) is 13.9 Å². The largest absolute Gasteiger partial charge is 0.348 e. The van der Waals surface area contributed by atoms with Gasteiger partial charge in [0.1, 0.15) is 6.54 Å². The minimum Gasteiger partial charge on any atom is -0.348 e. The molecular formula is C20H18F2N4O2S. The van der Waals surface area contributed by atoms with Crippen molar-refractivity contribution >= 4 is 29.3 Å². The Balaban J connectivity index is 1.53. The lowest BCUT2D eigenvalue weighted by molar-refractivity contribution is -0.116. The van der Waals surface area contributed by atoms with Crippen LogP contribution in [0.1, 0.15) is 15.9 Å². The third-order valence-corrected chi connectivity index (χ3v) is 4.59. The Bertz CT molecular complexity index is 963. The summed E-state index contributed by atoms with van der Waals surface area (Å²) in [4.78, 5) is 24.7. The number of aromatic nitrogens is 2. The van der Waals surface area contributed by atoms with Gasteiger partial charge in [-0.3, -0.25) is 14.3 Å². The Morgan fingerprint density at radius 3 is 2.59 bits per heavy atom. The molecule has 0 fully saturated rings. The SMILES string of the molecule is O=C(Cn1cccn1)Nc1cccc(CNC(=O)c2ccc(SC(F)F)cc2)c1. The van der Waals surface area contributed by atoms with Crippen LogP contribution in [0.2, 0.25) is 0 Å². The van der Waals surface area contributed by atoms with Gasteiger partial charge >= 0.3 is 0 Å². The van der Waals surface area contributed by atoms with E-state index in [1.54, 1.807) is 36.7 Å². The first-order chi connectivity index (χ1) is 14.0. The molecule has 0 aliphatic heterocycles. The average Bonchev–Trinajstić information content (AvgIpc) is 3.19. The second-order valence-corrected chi connectivity index (χ2v) is 7.10. The number of amides is 2. The van der Waals surface area contributed by atoms with E-state index in [1.165, 1.54) is 28.9 Å². The highest BCUT2D eigenvalue weighted by Gasteiger charge is 2.09. The molecular weight excluding hydrogens is 398 g/mol. The summed E-state index contributed by atoms with van der Waals surface area (Å²) < 4.78 is 26.2. The number of carbonyl (C=O) groups excluding carboxylic acids is 2. The van der Waals surface area contributed by atoms with Crippen molar-refractivity contribution in [1.29, 1.82) is 0 Å². The van der Waals surface area contributed by atoms with Gasteiger partial charge in [-0.05, 0) is 48.0 Å². The number of hydrogen-bond acceptors (Lipinski definition) is 4. The molecule has 0 radical (unpaired) electrons. The molecule has 2 aromatic carbocycles. The highest BCUT2D eigenvalue weighted by molar-refractivity contribution is 7.99. The van der Waals surface area contributed by atoms with E-state index in [2.05, 4.69) is 15.7 Å². The standard InChI is InChI=1S/C20H18F2N4O2S/c21-20(22)29-17-7-5-15(6-8-17)19(28)23-12-14-3-1-4-16(11-14)25-18(27)13-26-10-2-9-24-26/h1-11,20H,12-13H2,(H,23,28)(H,25,27). The zero-order chi connectivity index (χ0) is 20.6. The molecule has 6 nitrogen and oxygen atoms in total.